The van der Waals surface area contributed by atoms with E-state index in [0.29, 0.717) is 5.75 Å². The van der Waals surface area contributed by atoms with E-state index in [4.69, 9.17) is 4.74 Å². The molecule has 0 aliphatic heterocycles. The summed E-state index contributed by atoms with van der Waals surface area (Å²) in [6.07, 6.45) is 0.477. The summed E-state index contributed by atoms with van der Waals surface area (Å²) in [6, 6.07) is 13.6. The standard InChI is InChI=1S/C15H17NO2/c1-3-11(2)16-15(17)18-14-10-6-8-12-7-4-5-9-13(12)14/h4-11H,3H2,1-2H3,(H,16,17). The zero-order valence-electron chi connectivity index (χ0n) is 10.6. The minimum absolute atomic E-state index is 0.118. The van der Waals surface area contributed by atoms with Crippen LogP contribution in [0.5, 0.6) is 5.75 Å². The molecule has 3 heteroatoms. The van der Waals surface area contributed by atoms with E-state index in [0.717, 1.165) is 17.2 Å². The molecule has 94 valence electrons. The smallest absolute Gasteiger partial charge is 0.410 e. The second-order valence-electron chi connectivity index (χ2n) is 4.32. The predicted molar refractivity (Wildman–Crippen MR) is 72.9 cm³/mol. The Bertz CT molecular complexity index is 546. The van der Waals surface area contributed by atoms with Crippen molar-refractivity contribution in [2.75, 3.05) is 0 Å². The fourth-order valence-electron chi connectivity index (χ4n) is 1.72. The molecule has 1 N–H and O–H groups in total. The lowest BCUT2D eigenvalue weighted by Gasteiger charge is -2.12. The van der Waals surface area contributed by atoms with Crippen molar-refractivity contribution in [1.82, 2.24) is 5.32 Å². The Morgan fingerprint density at radius 1 is 1.22 bits per heavy atom. The van der Waals surface area contributed by atoms with Crippen LogP contribution in [0.3, 0.4) is 0 Å². The maximum atomic E-state index is 11.7. The minimum atomic E-state index is -0.402. The van der Waals surface area contributed by atoms with Gasteiger partial charge in [-0.1, -0.05) is 43.3 Å². The van der Waals surface area contributed by atoms with E-state index in [1.807, 2.05) is 50.2 Å². The van der Waals surface area contributed by atoms with Crippen molar-refractivity contribution in [2.24, 2.45) is 0 Å². The van der Waals surface area contributed by atoms with Crippen molar-refractivity contribution >= 4 is 16.9 Å². The third kappa shape index (κ3) is 2.80. The minimum Gasteiger partial charge on any atom is -0.410 e. The lowest BCUT2D eigenvalue weighted by atomic mass is 10.1. The highest BCUT2D eigenvalue weighted by Crippen LogP contribution is 2.25. The summed E-state index contributed by atoms with van der Waals surface area (Å²) in [5.41, 5.74) is 0. The molecule has 0 aliphatic rings. The number of amides is 1. The molecule has 2 aromatic rings. The molecule has 2 aromatic carbocycles. The van der Waals surface area contributed by atoms with Gasteiger partial charge in [0.15, 0.2) is 0 Å². The average molecular weight is 243 g/mol. The van der Waals surface area contributed by atoms with Crippen LogP contribution in [0.25, 0.3) is 10.8 Å². The Morgan fingerprint density at radius 2 is 1.94 bits per heavy atom. The number of hydrogen-bond acceptors (Lipinski definition) is 2. The first-order valence-corrected chi connectivity index (χ1v) is 6.17. The number of carbonyl (C=O) groups excluding carboxylic acids is 1. The summed E-state index contributed by atoms with van der Waals surface area (Å²) in [5, 5.41) is 4.79. The maximum Gasteiger partial charge on any atom is 0.412 e. The number of hydrogen-bond donors (Lipinski definition) is 1. The van der Waals surface area contributed by atoms with E-state index in [9.17, 15) is 4.79 Å². The molecule has 0 fully saturated rings. The molecule has 0 aliphatic carbocycles. The SMILES string of the molecule is CCC(C)NC(=O)Oc1cccc2ccccc12. The molecule has 2 rings (SSSR count). The first kappa shape index (κ1) is 12.4. The van der Waals surface area contributed by atoms with Crippen molar-refractivity contribution in [3.63, 3.8) is 0 Å². The number of ether oxygens (including phenoxy) is 1. The lowest BCUT2D eigenvalue weighted by molar-refractivity contribution is 0.197. The number of benzene rings is 2. The van der Waals surface area contributed by atoms with E-state index in [1.54, 1.807) is 6.07 Å². The van der Waals surface area contributed by atoms with Gasteiger partial charge in [0.1, 0.15) is 5.75 Å². The lowest BCUT2D eigenvalue weighted by Crippen LogP contribution is -2.34. The number of rotatable bonds is 3. The predicted octanol–water partition coefficient (Wildman–Crippen LogP) is 3.73. The van der Waals surface area contributed by atoms with Crippen molar-refractivity contribution in [2.45, 2.75) is 26.3 Å². The molecule has 0 saturated heterocycles. The quantitative estimate of drug-likeness (QED) is 0.892. The molecule has 0 saturated carbocycles. The third-order valence-electron chi connectivity index (χ3n) is 2.93. The van der Waals surface area contributed by atoms with Crippen LogP contribution in [0.1, 0.15) is 20.3 Å². The monoisotopic (exact) mass is 243 g/mol. The van der Waals surface area contributed by atoms with Gasteiger partial charge in [0.05, 0.1) is 0 Å². The van der Waals surface area contributed by atoms with Crippen LogP contribution in [0.4, 0.5) is 4.79 Å². The molecular formula is C15H17NO2. The number of nitrogens with one attached hydrogen (secondary N) is 1. The van der Waals surface area contributed by atoms with Gasteiger partial charge < -0.3 is 10.1 Å². The van der Waals surface area contributed by atoms with Gasteiger partial charge in [-0.2, -0.15) is 0 Å². The molecular weight excluding hydrogens is 226 g/mol. The molecule has 1 amide bonds. The van der Waals surface area contributed by atoms with Crippen LogP contribution in [0.2, 0.25) is 0 Å². The van der Waals surface area contributed by atoms with Gasteiger partial charge in [-0.15, -0.1) is 0 Å². The normalized spacial score (nSPS) is 12.1. The highest BCUT2D eigenvalue weighted by Gasteiger charge is 2.09. The fraction of sp³-hybridized carbons (Fsp3) is 0.267. The molecule has 0 aromatic heterocycles. The Labute approximate surface area is 107 Å². The van der Waals surface area contributed by atoms with Crippen LogP contribution in [0.15, 0.2) is 42.5 Å². The summed E-state index contributed by atoms with van der Waals surface area (Å²) in [6.45, 7) is 3.97. The van der Waals surface area contributed by atoms with Gasteiger partial charge in [-0.25, -0.2) is 4.79 Å². The summed E-state index contributed by atoms with van der Waals surface area (Å²) >= 11 is 0. The summed E-state index contributed by atoms with van der Waals surface area (Å²) < 4.78 is 5.35. The van der Waals surface area contributed by atoms with E-state index >= 15 is 0 Å². The Kier molecular flexibility index (Phi) is 3.82. The number of carbonyl (C=O) groups is 1. The van der Waals surface area contributed by atoms with Crippen LogP contribution < -0.4 is 10.1 Å². The highest BCUT2D eigenvalue weighted by atomic mass is 16.6. The van der Waals surface area contributed by atoms with E-state index < -0.39 is 6.09 Å². The molecule has 18 heavy (non-hydrogen) atoms. The fourth-order valence-corrected chi connectivity index (χ4v) is 1.72. The highest BCUT2D eigenvalue weighted by molar-refractivity contribution is 5.90. The first-order valence-electron chi connectivity index (χ1n) is 6.17. The van der Waals surface area contributed by atoms with Gasteiger partial charge >= 0.3 is 6.09 Å². The van der Waals surface area contributed by atoms with Crippen molar-refractivity contribution in [3.05, 3.63) is 42.5 Å². The van der Waals surface area contributed by atoms with Crippen molar-refractivity contribution < 1.29 is 9.53 Å². The Morgan fingerprint density at radius 3 is 2.72 bits per heavy atom. The molecule has 1 atom stereocenters. The Hall–Kier alpha value is -2.03. The first-order chi connectivity index (χ1) is 8.70. The van der Waals surface area contributed by atoms with Gasteiger partial charge in [-0.3, -0.25) is 0 Å². The Balaban J connectivity index is 2.19. The average Bonchev–Trinajstić information content (AvgIpc) is 2.39. The summed E-state index contributed by atoms with van der Waals surface area (Å²) in [5.74, 6) is 0.592. The van der Waals surface area contributed by atoms with E-state index in [1.165, 1.54) is 0 Å². The van der Waals surface area contributed by atoms with Gasteiger partial charge in [0, 0.05) is 11.4 Å². The van der Waals surface area contributed by atoms with Crippen LogP contribution in [0, 0.1) is 0 Å². The zero-order chi connectivity index (χ0) is 13.0. The van der Waals surface area contributed by atoms with E-state index in [2.05, 4.69) is 5.32 Å². The zero-order valence-corrected chi connectivity index (χ0v) is 10.6. The molecule has 1 unspecified atom stereocenters. The van der Waals surface area contributed by atoms with Crippen LogP contribution in [-0.4, -0.2) is 12.1 Å². The van der Waals surface area contributed by atoms with Gasteiger partial charge in [0.25, 0.3) is 0 Å². The van der Waals surface area contributed by atoms with Gasteiger partial charge in [0.2, 0.25) is 0 Å². The second kappa shape index (κ2) is 5.54. The maximum absolute atomic E-state index is 11.7. The third-order valence-corrected chi connectivity index (χ3v) is 2.93. The van der Waals surface area contributed by atoms with Crippen molar-refractivity contribution in [1.29, 1.82) is 0 Å². The van der Waals surface area contributed by atoms with E-state index in [-0.39, 0.29) is 6.04 Å². The van der Waals surface area contributed by atoms with Crippen LogP contribution >= 0.6 is 0 Å². The molecule has 0 radical (unpaired) electrons. The van der Waals surface area contributed by atoms with Crippen LogP contribution in [-0.2, 0) is 0 Å². The van der Waals surface area contributed by atoms with Crippen molar-refractivity contribution in [3.8, 4) is 5.75 Å². The molecule has 3 nitrogen and oxygen atoms in total. The molecule has 0 heterocycles. The van der Waals surface area contributed by atoms with Gasteiger partial charge in [-0.05, 0) is 24.8 Å². The largest absolute Gasteiger partial charge is 0.412 e. The molecule has 0 spiro atoms. The second-order valence-corrected chi connectivity index (χ2v) is 4.32. The summed E-state index contributed by atoms with van der Waals surface area (Å²) in [4.78, 5) is 11.7. The topological polar surface area (TPSA) is 38.3 Å². The number of fused-ring (bicyclic) bond motifs is 1. The summed E-state index contributed by atoms with van der Waals surface area (Å²) in [7, 11) is 0. The molecule has 0 bridgehead atoms.